The molecule has 3 rings (SSSR count). The van der Waals surface area contributed by atoms with Crippen LogP contribution in [0.1, 0.15) is 61.8 Å². The van der Waals surface area contributed by atoms with E-state index in [1.165, 1.54) is 11.1 Å². The smallest absolute Gasteiger partial charge is 0.222 e. The van der Waals surface area contributed by atoms with E-state index in [1.54, 1.807) is 0 Å². The summed E-state index contributed by atoms with van der Waals surface area (Å²) in [7, 11) is 0. The Kier molecular flexibility index (Phi) is 4.56. The quantitative estimate of drug-likeness (QED) is 0.774. The van der Waals surface area contributed by atoms with E-state index in [1.807, 2.05) is 0 Å². The van der Waals surface area contributed by atoms with E-state index in [4.69, 9.17) is 9.47 Å². The Balaban J connectivity index is 1.99. The van der Waals surface area contributed by atoms with Crippen LogP contribution < -0.4 is 0 Å². The van der Waals surface area contributed by atoms with Crippen molar-refractivity contribution in [3.05, 3.63) is 70.8 Å². The molecule has 1 aliphatic heterocycles. The molecule has 0 bridgehead atoms. The lowest BCUT2D eigenvalue weighted by Crippen LogP contribution is -2.28. The summed E-state index contributed by atoms with van der Waals surface area (Å²) in [6, 6.07) is 17.2. The molecule has 122 valence electrons. The highest BCUT2D eigenvalue weighted by Gasteiger charge is 2.40. The number of ether oxygens (including phenoxy) is 2. The van der Waals surface area contributed by atoms with Gasteiger partial charge in [-0.3, -0.25) is 0 Å². The molecule has 23 heavy (non-hydrogen) atoms. The molecule has 0 spiro atoms. The van der Waals surface area contributed by atoms with Gasteiger partial charge >= 0.3 is 0 Å². The van der Waals surface area contributed by atoms with Crippen LogP contribution in [0.3, 0.4) is 0 Å². The molecule has 2 heteroatoms. The molecule has 1 fully saturated rings. The van der Waals surface area contributed by atoms with Crippen molar-refractivity contribution in [2.45, 2.75) is 45.3 Å². The maximum Gasteiger partial charge on any atom is 0.222 e. The standard InChI is InChI=1S/C21H26O2/c1-15(2)17-5-9-19(10-6-17)21(22-13-14-23-21)20-11-7-18(8-12-20)16(3)4/h5-12,15-16H,13-14H2,1-4H3. The fourth-order valence-corrected chi connectivity index (χ4v) is 3.09. The molecule has 2 nitrogen and oxygen atoms in total. The van der Waals surface area contributed by atoms with Gasteiger partial charge in [0.15, 0.2) is 0 Å². The highest BCUT2D eigenvalue weighted by Crippen LogP contribution is 2.39. The van der Waals surface area contributed by atoms with Gasteiger partial charge in [0, 0.05) is 11.1 Å². The fourth-order valence-electron chi connectivity index (χ4n) is 3.09. The van der Waals surface area contributed by atoms with Gasteiger partial charge < -0.3 is 9.47 Å². The zero-order valence-electron chi connectivity index (χ0n) is 14.5. The monoisotopic (exact) mass is 310 g/mol. The molecule has 0 aromatic heterocycles. The lowest BCUT2D eigenvalue weighted by atomic mass is 9.92. The van der Waals surface area contributed by atoms with Gasteiger partial charge in [-0.1, -0.05) is 76.2 Å². The number of hydrogen-bond acceptors (Lipinski definition) is 2. The molecule has 0 unspecified atom stereocenters. The first-order valence-electron chi connectivity index (χ1n) is 8.52. The summed E-state index contributed by atoms with van der Waals surface area (Å²) >= 11 is 0. The summed E-state index contributed by atoms with van der Waals surface area (Å²) in [5.74, 6) is 0.289. The van der Waals surface area contributed by atoms with Crippen LogP contribution in [0.5, 0.6) is 0 Å². The van der Waals surface area contributed by atoms with Gasteiger partial charge in [0.25, 0.3) is 0 Å². The van der Waals surface area contributed by atoms with E-state index in [0.29, 0.717) is 25.0 Å². The topological polar surface area (TPSA) is 18.5 Å². The van der Waals surface area contributed by atoms with Crippen molar-refractivity contribution >= 4 is 0 Å². The van der Waals surface area contributed by atoms with Crippen LogP contribution in [0.4, 0.5) is 0 Å². The van der Waals surface area contributed by atoms with Gasteiger partial charge in [-0.2, -0.15) is 0 Å². The maximum absolute atomic E-state index is 6.09. The van der Waals surface area contributed by atoms with Crippen LogP contribution in [0, 0.1) is 0 Å². The molecule has 0 atom stereocenters. The summed E-state index contributed by atoms with van der Waals surface area (Å²) in [4.78, 5) is 0. The third-order valence-corrected chi connectivity index (χ3v) is 4.61. The molecule has 1 heterocycles. The molecular formula is C21H26O2. The molecule has 1 saturated heterocycles. The molecule has 0 saturated carbocycles. The van der Waals surface area contributed by atoms with E-state index in [9.17, 15) is 0 Å². The molecule has 2 aromatic rings. The normalized spacial score (nSPS) is 17.1. The zero-order chi connectivity index (χ0) is 16.4. The van der Waals surface area contributed by atoms with Crippen LogP contribution >= 0.6 is 0 Å². The predicted molar refractivity (Wildman–Crippen MR) is 93.7 cm³/mol. The number of hydrogen-bond donors (Lipinski definition) is 0. The second kappa shape index (κ2) is 6.46. The molecule has 0 radical (unpaired) electrons. The Morgan fingerprint density at radius 2 is 1.00 bits per heavy atom. The minimum Gasteiger partial charge on any atom is -0.340 e. The van der Waals surface area contributed by atoms with Gasteiger partial charge in [0.2, 0.25) is 5.79 Å². The third-order valence-electron chi connectivity index (χ3n) is 4.61. The van der Waals surface area contributed by atoms with Crippen molar-refractivity contribution < 1.29 is 9.47 Å². The second-order valence-corrected chi connectivity index (χ2v) is 6.87. The zero-order valence-corrected chi connectivity index (χ0v) is 14.5. The van der Waals surface area contributed by atoms with Crippen molar-refractivity contribution in [1.82, 2.24) is 0 Å². The van der Waals surface area contributed by atoms with Crippen LogP contribution in [0.2, 0.25) is 0 Å². The molecule has 0 aliphatic carbocycles. The molecule has 0 amide bonds. The first kappa shape index (κ1) is 16.2. The van der Waals surface area contributed by atoms with Gasteiger partial charge in [0.1, 0.15) is 0 Å². The minimum atomic E-state index is -0.759. The Morgan fingerprint density at radius 3 is 1.30 bits per heavy atom. The average molecular weight is 310 g/mol. The van der Waals surface area contributed by atoms with Crippen molar-refractivity contribution in [1.29, 1.82) is 0 Å². The SMILES string of the molecule is CC(C)c1ccc(C2(c3ccc(C(C)C)cc3)OCCO2)cc1. The van der Waals surface area contributed by atoms with Gasteiger partial charge in [-0.15, -0.1) is 0 Å². The van der Waals surface area contributed by atoms with E-state index in [0.717, 1.165) is 11.1 Å². The first-order valence-corrected chi connectivity index (χ1v) is 8.52. The van der Waals surface area contributed by atoms with Crippen LogP contribution in [0.15, 0.2) is 48.5 Å². The lowest BCUT2D eigenvalue weighted by molar-refractivity contribution is -0.129. The number of rotatable bonds is 4. The predicted octanol–water partition coefficient (Wildman–Crippen LogP) is 5.18. The van der Waals surface area contributed by atoms with Crippen molar-refractivity contribution in [3.63, 3.8) is 0 Å². The third kappa shape index (κ3) is 3.06. The van der Waals surface area contributed by atoms with Crippen molar-refractivity contribution in [3.8, 4) is 0 Å². The summed E-state index contributed by atoms with van der Waals surface area (Å²) in [5.41, 5.74) is 4.79. The Hall–Kier alpha value is -1.64. The second-order valence-electron chi connectivity index (χ2n) is 6.87. The van der Waals surface area contributed by atoms with E-state index < -0.39 is 5.79 Å². The Labute approximate surface area is 139 Å². The summed E-state index contributed by atoms with van der Waals surface area (Å²) < 4.78 is 12.2. The van der Waals surface area contributed by atoms with Gasteiger partial charge in [-0.05, 0) is 23.0 Å². The molecule has 2 aromatic carbocycles. The lowest BCUT2D eigenvalue weighted by Gasteiger charge is -2.29. The summed E-state index contributed by atoms with van der Waals surface area (Å²) in [5, 5.41) is 0. The van der Waals surface area contributed by atoms with Crippen LogP contribution in [-0.4, -0.2) is 13.2 Å². The largest absolute Gasteiger partial charge is 0.340 e. The Bertz CT molecular complexity index is 579. The first-order chi connectivity index (χ1) is 11.0. The van der Waals surface area contributed by atoms with Gasteiger partial charge in [0.05, 0.1) is 13.2 Å². The maximum atomic E-state index is 6.09. The summed E-state index contributed by atoms with van der Waals surface area (Å²) in [6.45, 7) is 10.1. The van der Waals surface area contributed by atoms with E-state index in [2.05, 4.69) is 76.2 Å². The van der Waals surface area contributed by atoms with Crippen molar-refractivity contribution in [2.24, 2.45) is 0 Å². The molecule has 1 aliphatic rings. The highest BCUT2D eigenvalue weighted by molar-refractivity contribution is 5.38. The fraction of sp³-hybridized carbons (Fsp3) is 0.429. The summed E-state index contributed by atoms with van der Waals surface area (Å²) in [6.07, 6.45) is 0. The van der Waals surface area contributed by atoms with E-state index >= 15 is 0 Å². The van der Waals surface area contributed by atoms with Crippen LogP contribution in [0.25, 0.3) is 0 Å². The number of benzene rings is 2. The van der Waals surface area contributed by atoms with E-state index in [-0.39, 0.29) is 0 Å². The highest BCUT2D eigenvalue weighted by atomic mass is 16.7. The molecular weight excluding hydrogens is 284 g/mol. The molecule has 0 N–H and O–H groups in total. The Morgan fingerprint density at radius 1 is 0.652 bits per heavy atom. The average Bonchev–Trinajstić information content (AvgIpc) is 3.06. The van der Waals surface area contributed by atoms with Crippen molar-refractivity contribution in [2.75, 3.05) is 13.2 Å². The van der Waals surface area contributed by atoms with Crippen LogP contribution in [-0.2, 0) is 15.3 Å². The van der Waals surface area contributed by atoms with Gasteiger partial charge in [-0.25, -0.2) is 0 Å². The minimum absolute atomic E-state index is 0.524.